The molecule has 0 saturated heterocycles. The van der Waals surface area contributed by atoms with Crippen LogP contribution in [0.1, 0.15) is 20.7 Å². The Morgan fingerprint density at radius 2 is 1.64 bits per heavy atom. The van der Waals surface area contributed by atoms with E-state index in [0.29, 0.717) is 10.7 Å². The normalized spacial score (nSPS) is 12.0. The number of amides is 1. The summed E-state index contributed by atoms with van der Waals surface area (Å²) in [5.41, 5.74) is 0.739. The Morgan fingerprint density at radius 3 is 2.25 bits per heavy atom. The maximum atomic E-state index is 12.4. The molecule has 0 saturated carbocycles. The van der Waals surface area contributed by atoms with E-state index in [2.05, 4.69) is 16.0 Å². The highest BCUT2D eigenvalue weighted by Gasteiger charge is 2.35. The summed E-state index contributed by atoms with van der Waals surface area (Å²) in [4.78, 5) is 23.4. The van der Waals surface area contributed by atoms with Crippen molar-refractivity contribution >= 4 is 81.3 Å². The van der Waals surface area contributed by atoms with Crippen molar-refractivity contribution in [3.05, 3.63) is 64.7 Å². The summed E-state index contributed by atoms with van der Waals surface area (Å²) < 4.78 is -1.94. The number of benzene rings is 2. The van der Waals surface area contributed by atoms with Crippen LogP contribution in [-0.4, -0.2) is 32.1 Å². The fourth-order valence-electron chi connectivity index (χ4n) is 2.07. The highest BCUT2D eigenvalue weighted by molar-refractivity contribution is 7.80. The van der Waals surface area contributed by atoms with E-state index in [-0.39, 0.29) is 16.2 Å². The second-order valence-electron chi connectivity index (χ2n) is 5.44. The Labute approximate surface area is 186 Å². The van der Waals surface area contributed by atoms with Crippen LogP contribution >= 0.6 is 58.6 Å². The average molecular weight is 481 g/mol. The highest BCUT2D eigenvalue weighted by Crippen LogP contribution is 2.29. The Bertz CT molecular complexity index is 905. The van der Waals surface area contributed by atoms with Gasteiger partial charge in [0.05, 0.1) is 5.56 Å². The highest BCUT2D eigenvalue weighted by atomic mass is 35.6. The Kier molecular flexibility index (Phi) is 7.74. The largest absolute Gasteiger partial charge is 0.478 e. The first kappa shape index (κ1) is 22.5. The standard InChI is InChI=1S/C17H13Cl4N3O3S/c18-11-5-1-3-9(7-11)13(25)23-15(17(19,20)21)24-16(28)22-12-6-2-4-10(8-12)14(26)27/h1-8,15H,(H,23,25)(H,26,27)(H2,22,24,28). The van der Waals surface area contributed by atoms with Crippen LogP contribution < -0.4 is 16.0 Å². The van der Waals surface area contributed by atoms with Crippen LogP contribution in [0.4, 0.5) is 5.69 Å². The van der Waals surface area contributed by atoms with Gasteiger partial charge in [0.2, 0.25) is 3.79 Å². The van der Waals surface area contributed by atoms with Gasteiger partial charge >= 0.3 is 5.97 Å². The van der Waals surface area contributed by atoms with Crippen LogP contribution in [0.25, 0.3) is 0 Å². The molecule has 28 heavy (non-hydrogen) atoms. The summed E-state index contributed by atoms with van der Waals surface area (Å²) in [6, 6.07) is 12.2. The zero-order valence-electron chi connectivity index (χ0n) is 13.9. The SMILES string of the molecule is O=C(O)c1cccc(NC(=S)NC(NC(=O)c2cccc(Cl)c2)C(Cl)(Cl)Cl)c1. The lowest BCUT2D eigenvalue weighted by atomic mass is 10.2. The third-order valence-corrected chi connectivity index (χ3v) is 4.44. The number of thiocarbonyl (C=S) groups is 1. The number of carbonyl (C=O) groups is 2. The average Bonchev–Trinajstić information content (AvgIpc) is 2.60. The number of aromatic carboxylic acids is 1. The second kappa shape index (κ2) is 9.62. The molecule has 2 aromatic carbocycles. The van der Waals surface area contributed by atoms with Crippen molar-refractivity contribution in [1.82, 2.24) is 10.6 Å². The van der Waals surface area contributed by atoms with E-state index in [4.69, 9.17) is 63.7 Å². The minimum absolute atomic E-state index is 0.00487. The van der Waals surface area contributed by atoms with Crippen molar-refractivity contribution in [2.75, 3.05) is 5.32 Å². The summed E-state index contributed by atoms with van der Waals surface area (Å²) in [6.45, 7) is 0. The molecule has 1 unspecified atom stereocenters. The molecule has 148 valence electrons. The van der Waals surface area contributed by atoms with E-state index >= 15 is 0 Å². The zero-order chi connectivity index (χ0) is 20.9. The quantitative estimate of drug-likeness (QED) is 0.287. The molecule has 11 heteroatoms. The van der Waals surface area contributed by atoms with Gasteiger partial charge < -0.3 is 21.1 Å². The van der Waals surface area contributed by atoms with E-state index in [1.54, 1.807) is 30.3 Å². The number of alkyl halides is 3. The summed E-state index contributed by atoms with van der Waals surface area (Å²) in [6.07, 6.45) is -1.19. The molecule has 0 spiro atoms. The Balaban J connectivity index is 2.09. The van der Waals surface area contributed by atoms with Gasteiger partial charge in [-0.05, 0) is 48.6 Å². The van der Waals surface area contributed by atoms with Crippen LogP contribution in [0.3, 0.4) is 0 Å². The molecule has 0 aromatic heterocycles. The number of hydrogen-bond acceptors (Lipinski definition) is 3. The minimum Gasteiger partial charge on any atom is -0.478 e. The van der Waals surface area contributed by atoms with Crippen molar-refractivity contribution in [3.8, 4) is 0 Å². The van der Waals surface area contributed by atoms with Gasteiger partial charge in [-0.3, -0.25) is 4.79 Å². The maximum Gasteiger partial charge on any atom is 0.335 e. The monoisotopic (exact) mass is 479 g/mol. The molecule has 2 aromatic rings. The van der Waals surface area contributed by atoms with Crippen molar-refractivity contribution in [2.45, 2.75) is 9.96 Å². The van der Waals surface area contributed by atoms with Gasteiger partial charge in [0.1, 0.15) is 6.17 Å². The van der Waals surface area contributed by atoms with Crippen LogP contribution in [0, 0.1) is 0 Å². The number of anilines is 1. The number of carbonyl (C=O) groups excluding carboxylic acids is 1. The number of carboxylic acid groups (broad SMARTS) is 1. The third kappa shape index (κ3) is 6.68. The lowest BCUT2D eigenvalue weighted by molar-refractivity contribution is 0.0696. The first-order chi connectivity index (χ1) is 13.1. The molecule has 0 aliphatic rings. The van der Waals surface area contributed by atoms with E-state index in [9.17, 15) is 9.59 Å². The predicted octanol–water partition coefficient (Wildman–Crippen LogP) is 4.45. The number of carboxylic acids is 1. The van der Waals surface area contributed by atoms with E-state index < -0.39 is 21.8 Å². The molecule has 0 fully saturated rings. The number of hydrogen-bond donors (Lipinski definition) is 4. The van der Waals surface area contributed by atoms with Crippen molar-refractivity contribution in [1.29, 1.82) is 0 Å². The van der Waals surface area contributed by atoms with Crippen LogP contribution in [0.5, 0.6) is 0 Å². The molecule has 0 aliphatic heterocycles. The van der Waals surface area contributed by atoms with Crippen LogP contribution in [-0.2, 0) is 0 Å². The number of nitrogens with one attached hydrogen (secondary N) is 3. The topological polar surface area (TPSA) is 90.5 Å². The predicted molar refractivity (Wildman–Crippen MR) is 116 cm³/mol. The number of halogens is 4. The van der Waals surface area contributed by atoms with Gasteiger partial charge in [-0.25, -0.2) is 4.79 Å². The van der Waals surface area contributed by atoms with Crippen LogP contribution in [0.15, 0.2) is 48.5 Å². The zero-order valence-corrected chi connectivity index (χ0v) is 17.7. The first-order valence-electron chi connectivity index (χ1n) is 7.60. The van der Waals surface area contributed by atoms with Gasteiger partial charge in [0, 0.05) is 16.3 Å². The molecule has 4 N–H and O–H groups in total. The maximum absolute atomic E-state index is 12.4. The Morgan fingerprint density at radius 1 is 1.00 bits per heavy atom. The minimum atomic E-state index is -1.94. The van der Waals surface area contributed by atoms with Crippen LogP contribution in [0.2, 0.25) is 5.02 Å². The second-order valence-corrected chi connectivity index (χ2v) is 8.66. The molecule has 0 heterocycles. The van der Waals surface area contributed by atoms with Gasteiger partial charge in [-0.15, -0.1) is 0 Å². The lowest BCUT2D eigenvalue weighted by Crippen LogP contribution is -2.56. The molecular weight excluding hydrogens is 468 g/mol. The van der Waals surface area contributed by atoms with Gasteiger partial charge in [0.15, 0.2) is 5.11 Å². The molecule has 0 radical (unpaired) electrons. The summed E-state index contributed by atoms with van der Waals surface area (Å²) in [5.74, 6) is -1.63. The molecular formula is C17H13Cl4N3O3S. The number of rotatable bonds is 5. The summed E-state index contributed by atoms with van der Waals surface area (Å²) in [5, 5.41) is 17.4. The van der Waals surface area contributed by atoms with Gasteiger partial charge in [-0.1, -0.05) is 58.5 Å². The summed E-state index contributed by atoms with van der Waals surface area (Å²) >= 11 is 28.9. The van der Waals surface area contributed by atoms with E-state index in [1.165, 1.54) is 18.2 Å². The third-order valence-electron chi connectivity index (χ3n) is 3.33. The molecule has 0 aliphatic carbocycles. The molecule has 0 bridgehead atoms. The molecule has 1 atom stereocenters. The lowest BCUT2D eigenvalue weighted by Gasteiger charge is -2.27. The molecule has 1 amide bonds. The molecule has 6 nitrogen and oxygen atoms in total. The molecule has 2 rings (SSSR count). The fraction of sp³-hybridized carbons (Fsp3) is 0.118. The van der Waals surface area contributed by atoms with Crippen molar-refractivity contribution in [2.24, 2.45) is 0 Å². The van der Waals surface area contributed by atoms with E-state index in [0.717, 1.165) is 0 Å². The van der Waals surface area contributed by atoms with Crippen molar-refractivity contribution in [3.63, 3.8) is 0 Å². The van der Waals surface area contributed by atoms with E-state index in [1.807, 2.05) is 0 Å². The fourth-order valence-corrected chi connectivity index (χ4v) is 2.83. The smallest absolute Gasteiger partial charge is 0.335 e. The van der Waals surface area contributed by atoms with Gasteiger partial charge in [0.25, 0.3) is 5.91 Å². The first-order valence-corrected chi connectivity index (χ1v) is 9.52. The Hall–Kier alpha value is -1.77. The summed E-state index contributed by atoms with van der Waals surface area (Å²) in [7, 11) is 0. The van der Waals surface area contributed by atoms with Crippen molar-refractivity contribution < 1.29 is 14.7 Å². The van der Waals surface area contributed by atoms with Gasteiger partial charge in [-0.2, -0.15) is 0 Å².